The number of hydrogen-bond donors (Lipinski definition) is 1. The Kier molecular flexibility index (Phi) is 4.02. The van der Waals surface area contributed by atoms with E-state index in [9.17, 15) is 18.0 Å². The minimum absolute atomic E-state index is 0.0479. The number of ether oxygens (including phenoxy) is 1. The first-order valence-electron chi connectivity index (χ1n) is 6.22. The molecule has 0 radical (unpaired) electrons. The summed E-state index contributed by atoms with van der Waals surface area (Å²) >= 11 is 0. The van der Waals surface area contributed by atoms with Crippen LogP contribution in [0.3, 0.4) is 0 Å². The first-order valence-corrected chi connectivity index (χ1v) is 6.22. The van der Waals surface area contributed by atoms with Crippen LogP contribution in [0.4, 0.5) is 13.2 Å². The lowest BCUT2D eigenvalue weighted by atomic mass is 10.1. The molecular weight excluding hydrogens is 285 g/mol. The van der Waals surface area contributed by atoms with Gasteiger partial charge in [0.1, 0.15) is 0 Å². The Morgan fingerprint density at radius 1 is 1.29 bits per heavy atom. The summed E-state index contributed by atoms with van der Waals surface area (Å²) in [5.74, 6) is 0.0479. The molecule has 1 N–H and O–H groups in total. The van der Waals surface area contributed by atoms with Crippen molar-refractivity contribution >= 4 is 0 Å². The fraction of sp³-hybridized carbons (Fsp3) is 0.286. The molecule has 7 heteroatoms. The highest BCUT2D eigenvalue weighted by Crippen LogP contribution is 2.34. The van der Waals surface area contributed by atoms with Crippen LogP contribution in [-0.4, -0.2) is 16.6 Å². The van der Waals surface area contributed by atoms with Gasteiger partial charge in [0.25, 0.3) is 0 Å². The maximum absolute atomic E-state index is 12.8. The largest absolute Gasteiger partial charge is 0.477 e. The Hall–Kier alpha value is -2.31. The average Bonchev–Trinajstić information content (AvgIpc) is 2.37. The van der Waals surface area contributed by atoms with Crippen LogP contribution in [0, 0.1) is 6.92 Å². The van der Waals surface area contributed by atoms with Crippen molar-refractivity contribution in [2.45, 2.75) is 20.0 Å². The number of rotatable bonds is 3. The van der Waals surface area contributed by atoms with E-state index in [4.69, 9.17) is 4.74 Å². The molecule has 21 heavy (non-hydrogen) atoms. The first-order chi connectivity index (χ1) is 9.81. The molecule has 2 rings (SSSR count). The lowest BCUT2D eigenvalue weighted by Gasteiger charge is -2.13. The van der Waals surface area contributed by atoms with Crippen LogP contribution in [-0.2, 0) is 6.18 Å². The van der Waals surface area contributed by atoms with Gasteiger partial charge in [-0.3, -0.25) is 4.79 Å². The summed E-state index contributed by atoms with van der Waals surface area (Å²) in [4.78, 5) is 18.1. The van der Waals surface area contributed by atoms with Crippen molar-refractivity contribution in [1.29, 1.82) is 0 Å². The van der Waals surface area contributed by atoms with E-state index in [0.29, 0.717) is 11.9 Å². The second-order valence-electron chi connectivity index (χ2n) is 4.42. The lowest BCUT2D eigenvalue weighted by molar-refractivity contribution is -0.137. The van der Waals surface area contributed by atoms with E-state index in [1.807, 2.05) is 0 Å². The molecule has 0 spiro atoms. The van der Waals surface area contributed by atoms with Crippen LogP contribution in [0.2, 0.25) is 0 Å². The van der Waals surface area contributed by atoms with Gasteiger partial charge in [-0.25, -0.2) is 4.98 Å². The number of H-pyrrole nitrogens is 1. The third-order valence-electron chi connectivity index (χ3n) is 2.73. The number of pyridine rings is 2. The smallest absolute Gasteiger partial charge is 0.417 e. The van der Waals surface area contributed by atoms with Crippen molar-refractivity contribution in [1.82, 2.24) is 9.97 Å². The van der Waals surface area contributed by atoms with Crippen molar-refractivity contribution in [2.75, 3.05) is 6.61 Å². The normalized spacial score (nSPS) is 11.5. The molecule has 0 fully saturated rings. The summed E-state index contributed by atoms with van der Waals surface area (Å²) in [6.45, 7) is 3.59. The molecule has 0 saturated carbocycles. The zero-order valence-electron chi connectivity index (χ0n) is 11.4. The monoisotopic (exact) mass is 298 g/mol. The van der Waals surface area contributed by atoms with Gasteiger partial charge in [-0.1, -0.05) is 0 Å². The Morgan fingerprint density at radius 2 is 2.00 bits per heavy atom. The van der Waals surface area contributed by atoms with Crippen molar-refractivity contribution < 1.29 is 17.9 Å². The van der Waals surface area contributed by atoms with Gasteiger partial charge in [0, 0.05) is 24.0 Å². The number of hydrogen-bond acceptors (Lipinski definition) is 3. The molecule has 0 saturated heterocycles. The van der Waals surface area contributed by atoms with E-state index < -0.39 is 11.7 Å². The molecule has 0 aliphatic carbocycles. The predicted molar refractivity (Wildman–Crippen MR) is 71.2 cm³/mol. The number of nitrogens with one attached hydrogen (secondary N) is 1. The minimum Gasteiger partial charge on any atom is -0.477 e. The van der Waals surface area contributed by atoms with Crippen molar-refractivity contribution in [3.63, 3.8) is 0 Å². The van der Waals surface area contributed by atoms with E-state index >= 15 is 0 Å². The molecule has 112 valence electrons. The molecular formula is C14H13F3N2O2. The maximum atomic E-state index is 12.8. The fourth-order valence-electron chi connectivity index (χ4n) is 1.88. The highest BCUT2D eigenvalue weighted by molar-refractivity contribution is 5.66. The van der Waals surface area contributed by atoms with Crippen LogP contribution < -0.4 is 10.2 Å². The maximum Gasteiger partial charge on any atom is 0.417 e. The average molecular weight is 298 g/mol. The Bertz CT molecular complexity index is 708. The minimum atomic E-state index is -4.52. The highest BCUT2D eigenvalue weighted by atomic mass is 19.4. The number of aromatic amines is 1. The summed E-state index contributed by atoms with van der Waals surface area (Å²) in [5, 5.41) is 0. The quantitative estimate of drug-likeness (QED) is 0.947. The van der Waals surface area contributed by atoms with E-state index in [-0.39, 0.29) is 29.2 Å². The van der Waals surface area contributed by atoms with E-state index in [0.717, 1.165) is 6.07 Å². The second-order valence-corrected chi connectivity index (χ2v) is 4.42. The van der Waals surface area contributed by atoms with Gasteiger partial charge in [-0.2, -0.15) is 13.2 Å². The van der Waals surface area contributed by atoms with Crippen LogP contribution in [0.5, 0.6) is 5.88 Å². The molecule has 0 aliphatic heterocycles. The fourth-order valence-corrected chi connectivity index (χ4v) is 1.88. The summed E-state index contributed by atoms with van der Waals surface area (Å²) in [6.07, 6.45) is -3.81. The summed E-state index contributed by atoms with van der Waals surface area (Å²) in [5.41, 5.74) is -0.323. The Labute approximate surface area is 118 Å². The molecule has 0 aliphatic rings. The molecule has 2 aromatic heterocycles. The highest BCUT2D eigenvalue weighted by Gasteiger charge is 2.32. The molecule has 0 atom stereocenters. The molecule has 2 aromatic rings. The van der Waals surface area contributed by atoms with E-state index in [2.05, 4.69) is 9.97 Å². The summed E-state index contributed by atoms with van der Waals surface area (Å²) in [6, 6.07) is 3.49. The third-order valence-corrected chi connectivity index (χ3v) is 2.73. The predicted octanol–water partition coefficient (Wildman–Crippen LogP) is 3.16. The zero-order valence-corrected chi connectivity index (χ0v) is 11.4. The third kappa shape index (κ3) is 3.42. The van der Waals surface area contributed by atoms with Gasteiger partial charge in [0.2, 0.25) is 5.88 Å². The van der Waals surface area contributed by atoms with Gasteiger partial charge in [0.05, 0.1) is 23.4 Å². The van der Waals surface area contributed by atoms with Gasteiger partial charge < -0.3 is 9.72 Å². The molecule has 2 heterocycles. The van der Waals surface area contributed by atoms with Crippen LogP contribution >= 0.6 is 0 Å². The van der Waals surface area contributed by atoms with Crippen LogP contribution in [0.15, 0.2) is 29.2 Å². The van der Waals surface area contributed by atoms with Crippen LogP contribution in [0.25, 0.3) is 11.3 Å². The van der Waals surface area contributed by atoms with Crippen molar-refractivity contribution in [3.8, 4) is 17.1 Å². The lowest BCUT2D eigenvalue weighted by Crippen LogP contribution is -2.09. The van der Waals surface area contributed by atoms with Crippen molar-refractivity contribution in [2.24, 2.45) is 0 Å². The molecule has 0 unspecified atom stereocenters. The molecule has 0 aromatic carbocycles. The molecule has 4 nitrogen and oxygen atoms in total. The van der Waals surface area contributed by atoms with Gasteiger partial charge in [-0.15, -0.1) is 0 Å². The van der Waals surface area contributed by atoms with Gasteiger partial charge in [-0.05, 0) is 19.9 Å². The van der Waals surface area contributed by atoms with E-state index in [1.54, 1.807) is 13.8 Å². The number of halogens is 3. The number of aromatic nitrogens is 2. The standard InChI is InChI=1S/C14H13F3N2O2/c1-3-21-13-11(5-9(7-18-13)14(15,16)17)12-6-10(20)4-8(2)19-12/h4-7H,3H2,1-2H3,(H,19,20). The van der Waals surface area contributed by atoms with Crippen LogP contribution in [0.1, 0.15) is 18.2 Å². The number of aryl methyl sites for hydroxylation is 1. The first kappa shape index (κ1) is 15.1. The molecule has 0 amide bonds. The number of nitrogens with zero attached hydrogens (tertiary/aromatic N) is 1. The van der Waals surface area contributed by atoms with Crippen molar-refractivity contribution in [3.05, 3.63) is 45.9 Å². The summed E-state index contributed by atoms with van der Waals surface area (Å²) in [7, 11) is 0. The summed E-state index contributed by atoms with van der Waals surface area (Å²) < 4.78 is 43.7. The zero-order chi connectivity index (χ0) is 15.6. The molecule has 0 bridgehead atoms. The van der Waals surface area contributed by atoms with Gasteiger partial charge in [0.15, 0.2) is 5.43 Å². The Balaban J connectivity index is 2.65. The van der Waals surface area contributed by atoms with E-state index in [1.165, 1.54) is 12.1 Å². The number of alkyl halides is 3. The Morgan fingerprint density at radius 3 is 2.57 bits per heavy atom. The SMILES string of the molecule is CCOc1ncc(C(F)(F)F)cc1-c1cc(=O)cc(C)[nH]1. The van der Waals surface area contributed by atoms with Gasteiger partial charge >= 0.3 is 6.18 Å². The second kappa shape index (κ2) is 5.59. The topological polar surface area (TPSA) is 55.0 Å².